The second kappa shape index (κ2) is 5.83. The standard InChI is InChI=1S/C12H25NO2/c1-12(2,7-8-14)9-13-10-5-3-4-6-11(10)15/h10-11,13-15H,3-9H2,1-2H3/t10-,11-/m1/s1. The number of hydrogen-bond acceptors (Lipinski definition) is 3. The van der Waals surface area contributed by atoms with E-state index in [0.29, 0.717) is 0 Å². The highest BCUT2D eigenvalue weighted by molar-refractivity contribution is 4.83. The summed E-state index contributed by atoms with van der Waals surface area (Å²) in [6.07, 6.45) is 5.01. The number of nitrogens with one attached hydrogen (secondary N) is 1. The van der Waals surface area contributed by atoms with E-state index in [0.717, 1.165) is 32.2 Å². The Morgan fingerprint density at radius 1 is 1.27 bits per heavy atom. The Hall–Kier alpha value is -0.120. The molecule has 0 unspecified atom stereocenters. The maximum atomic E-state index is 9.78. The van der Waals surface area contributed by atoms with E-state index < -0.39 is 0 Å². The SMILES string of the molecule is CC(C)(CCO)CN[C@@H]1CCCC[C@H]1O. The maximum Gasteiger partial charge on any atom is 0.0693 e. The molecule has 0 spiro atoms. The van der Waals surface area contributed by atoms with Gasteiger partial charge in [0.1, 0.15) is 0 Å². The molecular formula is C12H25NO2. The molecule has 3 nitrogen and oxygen atoms in total. The normalized spacial score (nSPS) is 28.0. The zero-order valence-corrected chi connectivity index (χ0v) is 10.00. The Kier molecular flexibility index (Phi) is 5.03. The average Bonchev–Trinajstić information content (AvgIpc) is 2.16. The van der Waals surface area contributed by atoms with E-state index in [1.807, 2.05) is 0 Å². The van der Waals surface area contributed by atoms with E-state index in [2.05, 4.69) is 19.2 Å². The molecule has 0 amide bonds. The van der Waals surface area contributed by atoms with Crippen LogP contribution in [0.2, 0.25) is 0 Å². The Morgan fingerprint density at radius 2 is 1.93 bits per heavy atom. The smallest absolute Gasteiger partial charge is 0.0693 e. The average molecular weight is 215 g/mol. The van der Waals surface area contributed by atoms with Crippen LogP contribution in [-0.4, -0.2) is 35.5 Å². The zero-order chi connectivity index (χ0) is 11.3. The van der Waals surface area contributed by atoms with Crippen molar-refractivity contribution in [1.29, 1.82) is 0 Å². The predicted octanol–water partition coefficient (Wildman–Crippen LogP) is 1.29. The van der Waals surface area contributed by atoms with E-state index in [4.69, 9.17) is 5.11 Å². The van der Waals surface area contributed by atoms with Crippen LogP contribution >= 0.6 is 0 Å². The van der Waals surface area contributed by atoms with E-state index in [-0.39, 0.29) is 24.2 Å². The second-order valence-electron chi connectivity index (χ2n) is 5.48. The molecule has 0 heterocycles. The van der Waals surface area contributed by atoms with E-state index in [9.17, 15) is 5.11 Å². The van der Waals surface area contributed by atoms with Crippen molar-refractivity contribution in [1.82, 2.24) is 5.32 Å². The molecule has 1 saturated carbocycles. The van der Waals surface area contributed by atoms with Crippen molar-refractivity contribution in [3.05, 3.63) is 0 Å². The lowest BCUT2D eigenvalue weighted by Crippen LogP contribution is -2.45. The third kappa shape index (κ3) is 4.49. The van der Waals surface area contributed by atoms with Crippen LogP contribution in [0.1, 0.15) is 46.0 Å². The molecule has 0 radical (unpaired) electrons. The number of aliphatic hydroxyl groups is 2. The molecule has 1 rings (SSSR count). The molecule has 0 aliphatic heterocycles. The van der Waals surface area contributed by atoms with E-state index in [1.165, 1.54) is 6.42 Å². The molecule has 90 valence electrons. The fourth-order valence-electron chi connectivity index (χ4n) is 2.15. The first-order valence-electron chi connectivity index (χ1n) is 6.07. The molecule has 0 aromatic carbocycles. The lowest BCUT2D eigenvalue weighted by atomic mass is 9.87. The summed E-state index contributed by atoms with van der Waals surface area (Å²) in [7, 11) is 0. The third-order valence-electron chi connectivity index (χ3n) is 3.36. The summed E-state index contributed by atoms with van der Waals surface area (Å²) in [6.45, 7) is 5.40. The number of aliphatic hydroxyl groups excluding tert-OH is 2. The van der Waals surface area contributed by atoms with Gasteiger partial charge in [0.05, 0.1) is 6.10 Å². The van der Waals surface area contributed by atoms with E-state index in [1.54, 1.807) is 0 Å². The van der Waals surface area contributed by atoms with Crippen molar-refractivity contribution in [2.75, 3.05) is 13.2 Å². The maximum absolute atomic E-state index is 9.78. The van der Waals surface area contributed by atoms with Crippen molar-refractivity contribution >= 4 is 0 Å². The van der Waals surface area contributed by atoms with Crippen molar-refractivity contribution in [2.45, 2.75) is 58.1 Å². The van der Waals surface area contributed by atoms with Crippen LogP contribution in [0.4, 0.5) is 0 Å². The molecule has 15 heavy (non-hydrogen) atoms. The molecular weight excluding hydrogens is 190 g/mol. The highest BCUT2D eigenvalue weighted by Crippen LogP contribution is 2.22. The molecule has 0 aromatic heterocycles. The minimum atomic E-state index is -0.177. The van der Waals surface area contributed by atoms with Gasteiger partial charge in [0.15, 0.2) is 0 Å². The van der Waals surface area contributed by atoms with Gasteiger partial charge < -0.3 is 15.5 Å². The number of hydrogen-bond donors (Lipinski definition) is 3. The quantitative estimate of drug-likeness (QED) is 0.648. The third-order valence-corrected chi connectivity index (χ3v) is 3.36. The van der Waals surface area contributed by atoms with Gasteiger partial charge in [-0.05, 0) is 24.7 Å². The molecule has 2 atom stereocenters. The first-order chi connectivity index (χ1) is 7.05. The predicted molar refractivity (Wildman–Crippen MR) is 61.7 cm³/mol. The Bertz CT molecular complexity index is 182. The van der Waals surface area contributed by atoms with Gasteiger partial charge in [-0.3, -0.25) is 0 Å². The monoisotopic (exact) mass is 215 g/mol. The molecule has 3 N–H and O–H groups in total. The van der Waals surface area contributed by atoms with Crippen LogP contribution in [0.3, 0.4) is 0 Å². The molecule has 1 fully saturated rings. The molecule has 0 bridgehead atoms. The van der Waals surface area contributed by atoms with Crippen LogP contribution in [0.25, 0.3) is 0 Å². The molecule has 1 aliphatic carbocycles. The van der Waals surface area contributed by atoms with Gasteiger partial charge in [-0.2, -0.15) is 0 Å². The summed E-state index contributed by atoms with van der Waals surface area (Å²) < 4.78 is 0. The minimum Gasteiger partial charge on any atom is -0.396 e. The summed E-state index contributed by atoms with van der Waals surface area (Å²) in [5.41, 5.74) is 0.117. The Morgan fingerprint density at radius 3 is 2.53 bits per heavy atom. The minimum absolute atomic E-state index is 0.117. The Balaban J connectivity index is 2.28. The molecule has 0 aromatic rings. The topological polar surface area (TPSA) is 52.5 Å². The summed E-state index contributed by atoms with van der Waals surface area (Å²) in [6, 6.07) is 0.261. The largest absolute Gasteiger partial charge is 0.396 e. The van der Waals surface area contributed by atoms with Crippen LogP contribution in [0.15, 0.2) is 0 Å². The molecule has 3 heteroatoms. The van der Waals surface area contributed by atoms with Crippen molar-refractivity contribution in [3.8, 4) is 0 Å². The highest BCUT2D eigenvalue weighted by atomic mass is 16.3. The first-order valence-corrected chi connectivity index (χ1v) is 6.07. The van der Waals surface area contributed by atoms with Crippen LogP contribution in [0, 0.1) is 5.41 Å². The lowest BCUT2D eigenvalue weighted by molar-refractivity contribution is 0.0830. The van der Waals surface area contributed by atoms with E-state index >= 15 is 0 Å². The van der Waals surface area contributed by atoms with Gasteiger partial charge in [0, 0.05) is 19.2 Å². The fourth-order valence-corrected chi connectivity index (χ4v) is 2.15. The van der Waals surface area contributed by atoms with Gasteiger partial charge in [-0.25, -0.2) is 0 Å². The van der Waals surface area contributed by atoms with Crippen molar-refractivity contribution < 1.29 is 10.2 Å². The molecule has 0 saturated heterocycles. The van der Waals surface area contributed by atoms with Gasteiger partial charge in [0.2, 0.25) is 0 Å². The summed E-state index contributed by atoms with van der Waals surface area (Å²) in [4.78, 5) is 0. The zero-order valence-electron chi connectivity index (χ0n) is 10.00. The number of rotatable bonds is 5. The second-order valence-corrected chi connectivity index (χ2v) is 5.48. The van der Waals surface area contributed by atoms with Gasteiger partial charge in [-0.1, -0.05) is 26.7 Å². The van der Waals surface area contributed by atoms with Gasteiger partial charge >= 0.3 is 0 Å². The summed E-state index contributed by atoms with van der Waals surface area (Å²) >= 11 is 0. The van der Waals surface area contributed by atoms with Gasteiger partial charge in [0.25, 0.3) is 0 Å². The van der Waals surface area contributed by atoms with Crippen LogP contribution in [0.5, 0.6) is 0 Å². The first kappa shape index (κ1) is 12.9. The fraction of sp³-hybridized carbons (Fsp3) is 1.00. The highest BCUT2D eigenvalue weighted by Gasteiger charge is 2.25. The van der Waals surface area contributed by atoms with Crippen LogP contribution in [-0.2, 0) is 0 Å². The lowest BCUT2D eigenvalue weighted by Gasteiger charge is -2.32. The molecule has 1 aliphatic rings. The van der Waals surface area contributed by atoms with Crippen LogP contribution < -0.4 is 5.32 Å². The summed E-state index contributed by atoms with van der Waals surface area (Å²) in [5, 5.41) is 22.1. The van der Waals surface area contributed by atoms with Gasteiger partial charge in [-0.15, -0.1) is 0 Å². The summed E-state index contributed by atoms with van der Waals surface area (Å²) in [5.74, 6) is 0. The Labute approximate surface area is 92.9 Å². The van der Waals surface area contributed by atoms with Crippen molar-refractivity contribution in [3.63, 3.8) is 0 Å². The van der Waals surface area contributed by atoms with Crippen molar-refractivity contribution in [2.24, 2.45) is 5.41 Å².